The Kier molecular flexibility index (Phi) is 6.73. The van der Waals surface area contributed by atoms with Crippen LogP contribution < -0.4 is 5.32 Å². The molecule has 0 amide bonds. The van der Waals surface area contributed by atoms with Crippen molar-refractivity contribution in [2.24, 2.45) is 5.92 Å². The highest BCUT2D eigenvalue weighted by Gasteiger charge is 2.17. The fourth-order valence-electron chi connectivity index (χ4n) is 2.16. The van der Waals surface area contributed by atoms with Gasteiger partial charge in [0.1, 0.15) is 0 Å². The Morgan fingerprint density at radius 2 is 1.83 bits per heavy atom. The summed E-state index contributed by atoms with van der Waals surface area (Å²) in [7, 11) is 0. The molecule has 2 heteroatoms. The summed E-state index contributed by atoms with van der Waals surface area (Å²) in [5.41, 5.74) is 1.28. The molecular weight excluding hydrogens is 242 g/mol. The van der Waals surface area contributed by atoms with E-state index >= 15 is 0 Å². The van der Waals surface area contributed by atoms with E-state index in [1.807, 2.05) is 12.1 Å². The predicted octanol–water partition coefficient (Wildman–Crippen LogP) is 4.86. The molecule has 1 aromatic rings. The van der Waals surface area contributed by atoms with Gasteiger partial charge in [0.05, 0.1) is 0 Å². The molecule has 1 aromatic carbocycles. The summed E-state index contributed by atoms with van der Waals surface area (Å²) in [6.45, 7) is 9.95. The van der Waals surface area contributed by atoms with Crippen molar-refractivity contribution in [3.63, 3.8) is 0 Å². The standard InChI is InChI=1S/C16H26ClN/c1-5-13(4)10-14(11-18-12(2)3)15-8-6-7-9-16(15)17/h6-9,12-14,18H,5,10-11H2,1-4H3. The second-order valence-electron chi connectivity index (χ2n) is 5.53. The van der Waals surface area contributed by atoms with Gasteiger partial charge < -0.3 is 5.32 Å². The molecule has 0 aliphatic heterocycles. The van der Waals surface area contributed by atoms with Crippen molar-refractivity contribution in [3.05, 3.63) is 34.9 Å². The van der Waals surface area contributed by atoms with Gasteiger partial charge in [0.25, 0.3) is 0 Å². The van der Waals surface area contributed by atoms with Crippen molar-refractivity contribution in [3.8, 4) is 0 Å². The number of halogens is 1. The lowest BCUT2D eigenvalue weighted by Gasteiger charge is -2.23. The summed E-state index contributed by atoms with van der Waals surface area (Å²) < 4.78 is 0. The SMILES string of the molecule is CCC(C)CC(CNC(C)C)c1ccccc1Cl. The van der Waals surface area contributed by atoms with Crippen LogP contribution >= 0.6 is 11.6 Å². The van der Waals surface area contributed by atoms with Crippen molar-refractivity contribution >= 4 is 11.6 Å². The molecule has 1 nitrogen and oxygen atoms in total. The lowest BCUT2D eigenvalue weighted by molar-refractivity contribution is 0.424. The average Bonchev–Trinajstić information content (AvgIpc) is 2.34. The van der Waals surface area contributed by atoms with Crippen LogP contribution in [0.5, 0.6) is 0 Å². The summed E-state index contributed by atoms with van der Waals surface area (Å²) >= 11 is 6.33. The third-order valence-electron chi connectivity index (χ3n) is 3.50. The smallest absolute Gasteiger partial charge is 0.0441 e. The number of hydrogen-bond donors (Lipinski definition) is 1. The van der Waals surface area contributed by atoms with Gasteiger partial charge in [-0.1, -0.05) is 63.9 Å². The van der Waals surface area contributed by atoms with Crippen molar-refractivity contribution in [2.75, 3.05) is 6.54 Å². The van der Waals surface area contributed by atoms with Crippen molar-refractivity contribution in [1.82, 2.24) is 5.32 Å². The van der Waals surface area contributed by atoms with Gasteiger partial charge >= 0.3 is 0 Å². The summed E-state index contributed by atoms with van der Waals surface area (Å²) in [6.07, 6.45) is 2.42. The van der Waals surface area contributed by atoms with E-state index in [0.717, 1.165) is 17.5 Å². The van der Waals surface area contributed by atoms with E-state index in [0.29, 0.717) is 12.0 Å². The molecule has 18 heavy (non-hydrogen) atoms. The second-order valence-corrected chi connectivity index (χ2v) is 5.94. The monoisotopic (exact) mass is 267 g/mol. The van der Waals surface area contributed by atoms with Gasteiger partial charge in [-0.25, -0.2) is 0 Å². The largest absolute Gasteiger partial charge is 0.314 e. The van der Waals surface area contributed by atoms with Crippen LogP contribution in [0.1, 0.15) is 52.0 Å². The van der Waals surface area contributed by atoms with E-state index < -0.39 is 0 Å². The van der Waals surface area contributed by atoms with E-state index in [4.69, 9.17) is 11.6 Å². The lowest BCUT2D eigenvalue weighted by atomic mass is 9.88. The topological polar surface area (TPSA) is 12.0 Å². The zero-order valence-corrected chi connectivity index (χ0v) is 12.8. The maximum atomic E-state index is 6.33. The molecule has 1 rings (SSSR count). The summed E-state index contributed by atoms with van der Waals surface area (Å²) in [6, 6.07) is 8.77. The first-order valence-corrected chi connectivity index (χ1v) is 7.40. The minimum Gasteiger partial charge on any atom is -0.314 e. The number of nitrogens with one attached hydrogen (secondary N) is 1. The first-order valence-electron chi connectivity index (χ1n) is 7.02. The zero-order valence-electron chi connectivity index (χ0n) is 12.0. The molecule has 102 valence electrons. The molecule has 2 unspecified atom stereocenters. The van der Waals surface area contributed by atoms with Gasteiger partial charge in [0.15, 0.2) is 0 Å². The Morgan fingerprint density at radius 1 is 1.17 bits per heavy atom. The molecule has 1 N–H and O–H groups in total. The molecule has 0 saturated heterocycles. The Hall–Kier alpha value is -0.530. The Morgan fingerprint density at radius 3 is 2.39 bits per heavy atom. The Balaban J connectivity index is 2.79. The van der Waals surface area contributed by atoms with Gasteiger partial charge in [0, 0.05) is 17.6 Å². The molecule has 0 fully saturated rings. The van der Waals surface area contributed by atoms with Crippen LogP contribution in [0.2, 0.25) is 5.02 Å². The highest BCUT2D eigenvalue weighted by atomic mass is 35.5. The molecule has 0 heterocycles. The van der Waals surface area contributed by atoms with Crippen LogP contribution in [0.15, 0.2) is 24.3 Å². The van der Waals surface area contributed by atoms with Crippen LogP contribution in [0.3, 0.4) is 0 Å². The van der Waals surface area contributed by atoms with E-state index in [9.17, 15) is 0 Å². The van der Waals surface area contributed by atoms with Crippen LogP contribution in [-0.2, 0) is 0 Å². The fourth-order valence-corrected chi connectivity index (χ4v) is 2.45. The van der Waals surface area contributed by atoms with Crippen LogP contribution in [0.4, 0.5) is 0 Å². The average molecular weight is 268 g/mol. The third kappa shape index (κ3) is 4.99. The molecule has 0 aliphatic carbocycles. The zero-order chi connectivity index (χ0) is 13.5. The van der Waals surface area contributed by atoms with Crippen LogP contribution in [0, 0.1) is 5.92 Å². The van der Waals surface area contributed by atoms with Crippen molar-refractivity contribution in [2.45, 2.75) is 52.5 Å². The first kappa shape index (κ1) is 15.5. The Labute approximate surface area is 117 Å². The molecule has 0 aliphatic rings. The maximum absolute atomic E-state index is 6.33. The molecule has 0 bridgehead atoms. The normalized spacial score (nSPS) is 14.8. The van der Waals surface area contributed by atoms with Crippen LogP contribution in [-0.4, -0.2) is 12.6 Å². The summed E-state index contributed by atoms with van der Waals surface area (Å²) in [5, 5.41) is 4.44. The molecular formula is C16H26ClN. The van der Waals surface area contributed by atoms with Gasteiger partial charge in [-0.15, -0.1) is 0 Å². The fraction of sp³-hybridized carbons (Fsp3) is 0.625. The minimum absolute atomic E-state index is 0.510. The van der Waals surface area contributed by atoms with Gasteiger partial charge in [-0.2, -0.15) is 0 Å². The van der Waals surface area contributed by atoms with E-state index in [2.05, 4.69) is 45.1 Å². The quantitative estimate of drug-likeness (QED) is 0.744. The van der Waals surface area contributed by atoms with E-state index in [1.165, 1.54) is 18.4 Å². The summed E-state index contributed by atoms with van der Waals surface area (Å²) in [5.74, 6) is 1.25. The molecule has 2 atom stereocenters. The number of hydrogen-bond acceptors (Lipinski definition) is 1. The van der Waals surface area contributed by atoms with E-state index in [-0.39, 0.29) is 0 Å². The van der Waals surface area contributed by atoms with Crippen molar-refractivity contribution in [1.29, 1.82) is 0 Å². The summed E-state index contributed by atoms with van der Waals surface area (Å²) in [4.78, 5) is 0. The van der Waals surface area contributed by atoms with Crippen LogP contribution in [0.25, 0.3) is 0 Å². The van der Waals surface area contributed by atoms with E-state index in [1.54, 1.807) is 0 Å². The second kappa shape index (κ2) is 7.81. The third-order valence-corrected chi connectivity index (χ3v) is 3.85. The highest BCUT2D eigenvalue weighted by Crippen LogP contribution is 2.30. The first-order chi connectivity index (χ1) is 8.54. The maximum Gasteiger partial charge on any atom is 0.0441 e. The highest BCUT2D eigenvalue weighted by molar-refractivity contribution is 6.31. The molecule has 0 saturated carbocycles. The van der Waals surface area contributed by atoms with Gasteiger partial charge in [-0.05, 0) is 29.9 Å². The molecule has 0 spiro atoms. The van der Waals surface area contributed by atoms with Gasteiger partial charge in [-0.3, -0.25) is 0 Å². The lowest BCUT2D eigenvalue weighted by Crippen LogP contribution is -2.29. The van der Waals surface area contributed by atoms with Crippen molar-refractivity contribution < 1.29 is 0 Å². The molecule has 0 radical (unpaired) electrons. The van der Waals surface area contributed by atoms with Gasteiger partial charge in [0.2, 0.25) is 0 Å². The minimum atomic E-state index is 0.510. The molecule has 0 aromatic heterocycles. The number of benzene rings is 1. The Bertz CT molecular complexity index is 349. The number of rotatable bonds is 7. The predicted molar refractivity (Wildman–Crippen MR) is 81.4 cm³/mol.